The molecule has 1 N–H and O–H groups in total. The molecule has 0 aliphatic heterocycles. The van der Waals surface area contributed by atoms with Gasteiger partial charge in [-0.25, -0.2) is 4.83 Å². The van der Waals surface area contributed by atoms with E-state index in [4.69, 9.17) is 0 Å². The first-order chi connectivity index (χ1) is 8.58. The predicted octanol–water partition coefficient (Wildman–Crippen LogP) is 2.37. The molecule has 2 rings (SSSR count). The van der Waals surface area contributed by atoms with Gasteiger partial charge in [0.25, 0.3) is 10.0 Å². The van der Waals surface area contributed by atoms with E-state index in [2.05, 4.69) is 9.93 Å². The fraction of sp³-hybridized carbons (Fsp3) is 0.0833. The van der Waals surface area contributed by atoms with E-state index < -0.39 is 10.0 Å². The normalized spacial score (nSPS) is 11.8. The summed E-state index contributed by atoms with van der Waals surface area (Å²) in [7, 11) is -3.57. The van der Waals surface area contributed by atoms with E-state index in [0.717, 1.165) is 11.1 Å². The molecule has 0 atom stereocenters. The number of hydrogen-bond donors (Lipinski definition) is 1. The molecule has 0 saturated heterocycles. The van der Waals surface area contributed by atoms with Gasteiger partial charge >= 0.3 is 0 Å². The molecule has 6 heteroatoms. The SMILES string of the molecule is Cc1ccc(S(=O)(=O)N/N=C\c2ccsc2)cc1. The third kappa shape index (κ3) is 3.18. The molecule has 4 nitrogen and oxygen atoms in total. The zero-order chi connectivity index (χ0) is 13.0. The van der Waals surface area contributed by atoms with Gasteiger partial charge in [0.1, 0.15) is 0 Å². The van der Waals surface area contributed by atoms with Gasteiger partial charge in [-0.1, -0.05) is 17.7 Å². The Balaban J connectivity index is 2.10. The molecule has 0 spiro atoms. The lowest BCUT2D eigenvalue weighted by Gasteiger charge is -2.03. The molecular formula is C12H12N2O2S2. The third-order valence-corrected chi connectivity index (χ3v) is 4.20. The largest absolute Gasteiger partial charge is 0.276 e. The summed E-state index contributed by atoms with van der Waals surface area (Å²) in [6.45, 7) is 1.90. The van der Waals surface area contributed by atoms with Crippen molar-refractivity contribution in [1.82, 2.24) is 4.83 Å². The molecule has 2 aromatic rings. The molecule has 1 aromatic carbocycles. The van der Waals surface area contributed by atoms with Crippen molar-refractivity contribution < 1.29 is 8.42 Å². The highest BCUT2D eigenvalue weighted by Crippen LogP contribution is 2.09. The quantitative estimate of drug-likeness (QED) is 0.690. The van der Waals surface area contributed by atoms with Crippen LogP contribution < -0.4 is 4.83 Å². The number of hydrogen-bond acceptors (Lipinski definition) is 4. The van der Waals surface area contributed by atoms with Gasteiger partial charge in [-0.3, -0.25) is 0 Å². The molecule has 18 heavy (non-hydrogen) atoms. The van der Waals surface area contributed by atoms with Crippen LogP contribution in [0.5, 0.6) is 0 Å². The lowest BCUT2D eigenvalue weighted by atomic mass is 10.2. The minimum atomic E-state index is -3.57. The van der Waals surface area contributed by atoms with Crippen LogP contribution in [-0.2, 0) is 10.0 Å². The Morgan fingerprint density at radius 1 is 1.22 bits per heavy atom. The van der Waals surface area contributed by atoms with Crippen LogP contribution in [-0.4, -0.2) is 14.6 Å². The topological polar surface area (TPSA) is 58.5 Å². The first-order valence-electron chi connectivity index (χ1n) is 5.22. The fourth-order valence-corrected chi connectivity index (χ4v) is 2.69. The standard InChI is InChI=1S/C12H12N2O2S2/c1-10-2-4-12(5-3-10)18(15,16)14-13-8-11-6-7-17-9-11/h2-9,14H,1H3/b13-8-. The van der Waals surface area contributed by atoms with Gasteiger partial charge in [0.2, 0.25) is 0 Å². The molecule has 0 amide bonds. The zero-order valence-electron chi connectivity index (χ0n) is 9.70. The van der Waals surface area contributed by atoms with Gasteiger partial charge < -0.3 is 0 Å². The minimum Gasteiger partial charge on any atom is -0.200 e. The number of benzene rings is 1. The highest BCUT2D eigenvalue weighted by Gasteiger charge is 2.11. The summed E-state index contributed by atoms with van der Waals surface area (Å²) >= 11 is 1.53. The number of sulfonamides is 1. The summed E-state index contributed by atoms with van der Waals surface area (Å²) in [4.78, 5) is 2.38. The Kier molecular flexibility index (Phi) is 3.78. The molecule has 0 radical (unpaired) electrons. The molecule has 1 heterocycles. The maximum atomic E-state index is 11.8. The molecule has 0 bridgehead atoms. The second kappa shape index (κ2) is 5.32. The molecule has 94 valence electrons. The van der Waals surface area contributed by atoms with Gasteiger partial charge in [-0.2, -0.15) is 24.9 Å². The van der Waals surface area contributed by atoms with Crippen LogP contribution in [0, 0.1) is 6.92 Å². The number of hydrazone groups is 1. The first kappa shape index (κ1) is 12.8. The van der Waals surface area contributed by atoms with Gasteiger partial charge in [0, 0.05) is 5.56 Å². The molecule has 1 aromatic heterocycles. The van der Waals surface area contributed by atoms with Crippen molar-refractivity contribution in [2.75, 3.05) is 0 Å². The Morgan fingerprint density at radius 2 is 1.94 bits per heavy atom. The molecule has 0 unspecified atom stereocenters. The van der Waals surface area contributed by atoms with Crippen LogP contribution in [0.2, 0.25) is 0 Å². The first-order valence-corrected chi connectivity index (χ1v) is 7.64. The summed E-state index contributed by atoms with van der Waals surface area (Å²) in [6, 6.07) is 8.46. The summed E-state index contributed by atoms with van der Waals surface area (Å²) in [5.41, 5.74) is 1.88. The highest BCUT2D eigenvalue weighted by atomic mass is 32.2. The van der Waals surface area contributed by atoms with Gasteiger partial charge in [0.05, 0.1) is 11.1 Å². The van der Waals surface area contributed by atoms with Crippen molar-refractivity contribution in [3.63, 3.8) is 0 Å². The van der Waals surface area contributed by atoms with Crippen LogP contribution in [0.1, 0.15) is 11.1 Å². The fourth-order valence-electron chi connectivity index (χ4n) is 1.29. The highest BCUT2D eigenvalue weighted by molar-refractivity contribution is 7.89. The van der Waals surface area contributed by atoms with Crippen LogP contribution >= 0.6 is 11.3 Å². The van der Waals surface area contributed by atoms with E-state index in [9.17, 15) is 8.42 Å². The second-order valence-electron chi connectivity index (χ2n) is 3.72. The van der Waals surface area contributed by atoms with Crippen molar-refractivity contribution in [2.24, 2.45) is 5.10 Å². The summed E-state index contributed by atoms with van der Waals surface area (Å²) < 4.78 is 23.7. The van der Waals surface area contributed by atoms with Crippen LogP contribution in [0.15, 0.2) is 51.1 Å². The van der Waals surface area contributed by atoms with Crippen LogP contribution in [0.4, 0.5) is 0 Å². The van der Waals surface area contributed by atoms with Crippen LogP contribution in [0.3, 0.4) is 0 Å². The summed E-state index contributed by atoms with van der Waals surface area (Å²) in [5, 5.41) is 7.51. The molecular weight excluding hydrogens is 268 g/mol. The lowest BCUT2D eigenvalue weighted by Crippen LogP contribution is -2.18. The van der Waals surface area contributed by atoms with E-state index in [1.54, 1.807) is 24.3 Å². The number of thiophene rings is 1. The molecule has 0 aliphatic carbocycles. The van der Waals surface area contributed by atoms with Gasteiger partial charge in [-0.05, 0) is 35.9 Å². The second-order valence-corrected chi connectivity index (χ2v) is 6.16. The Bertz CT molecular complexity index is 629. The number of nitrogens with one attached hydrogen (secondary N) is 1. The number of nitrogens with zero attached hydrogens (tertiary/aromatic N) is 1. The average molecular weight is 280 g/mol. The van der Waals surface area contributed by atoms with Gasteiger partial charge in [0.15, 0.2) is 0 Å². The molecule has 0 saturated carbocycles. The van der Waals surface area contributed by atoms with Crippen molar-refractivity contribution in [3.8, 4) is 0 Å². The van der Waals surface area contributed by atoms with E-state index >= 15 is 0 Å². The number of aryl methyl sites for hydroxylation is 1. The Labute approximate surface area is 110 Å². The monoisotopic (exact) mass is 280 g/mol. The van der Waals surface area contributed by atoms with E-state index in [1.807, 2.05) is 23.8 Å². The Morgan fingerprint density at radius 3 is 2.56 bits per heavy atom. The van der Waals surface area contributed by atoms with Crippen LogP contribution in [0.25, 0.3) is 0 Å². The minimum absolute atomic E-state index is 0.204. The van der Waals surface area contributed by atoms with Gasteiger partial charge in [-0.15, -0.1) is 0 Å². The Hall–Kier alpha value is -1.66. The zero-order valence-corrected chi connectivity index (χ0v) is 11.3. The third-order valence-electron chi connectivity index (χ3n) is 2.26. The lowest BCUT2D eigenvalue weighted by molar-refractivity contribution is 0.584. The van der Waals surface area contributed by atoms with E-state index in [-0.39, 0.29) is 4.90 Å². The molecule has 0 aliphatic rings. The number of rotatable bonds is 4. The van der Waals surface area contributed by atoms with Crippen molar-refractivity contribution in [1.29, 1.82) is 0 Å². The van der Waals surface area contributed by atoms with E-state index in [0.29, 0.717) is 0 Å². The van der Waals surface area contributed by atoms with Crippen molar-refractivity contribution >= 4 is 27.6 Å². The maximum Gasteiger partial charge on any atom is 0.276 e. The predicted molar refractivity (Wildman–Crippen MR) is 73.4 cm³/mol. The molecule has 0 fully saturated rings. The summed E-state index contributed by atoms with van der Waals surface area (Å²) in [6.07, 6.45) is 1.47. The smallest absolute Gasteiger partial charge is 0.200 e. The summed E-state index contributed by atoms with van der Waals surface area (Å²) in [5.74, 6) is 0. The maximum absolute atomic E-state index is 11.8. The van der Waals surface area contributed by atoms with Crippen molar-refractivity contribution in [3.05, 3.63) is 52.2 Å². The average Bonchev–Trinajstić information content (AvgIpc) is 2.82. The van der Waals surface area contributed by atoms with E-state index in [1.165, 1.54) is 17.6 Å². The van der Waals surface area contributed by atoms with Crippen molar-refractivity contribution in [2.45, 2.75) is 11.8 Å².